The van der Waals surface area contributed by atoms with E-state index in [0.29, 0.717) is 82.5 Å². The largest absolute Gasteiger partial charge is 0.508 e. The number of aliphatic hydroxyl groups excluding tert-OH is 1. The summed E-state index contributed by atoms with van der Waals surface area (Å²) in [5, 5.41) is 28.6. The van der Waals surface area contributed by atoms with Gasteiger partial charge in [0.25, 0.3) is 0 Å². The van der Waals surface area contributed by atoms with Crippen LogP contribution in [0.5, 0.6) is 11.8 Å². The first kappa shape index (κ1) is 46.8. The van der Waals surface area contributed by atoms with Crippen LogP contribution < -0.4 is 30.9 Å². The Balaban J connectivity index is 0.652. The summed E-state index contributed by atoms with van der Waals surface area (Å²) in [4.78, 5) is 50.5. The van der Waals surface area contributed by atoms with Crippen molar-refractivity contribution in [3.05, 3.63) is 76.3 Å². The van der Waals surface area contributed by atoms with Crippen LogP contribution in [0.15, 0.2) is 53.5 Å². The number of pyridine rings is 1. The van der Waals surface area contributed by atoms with Gasteiger partial charge >= 0.3 is 11.7 Å². The number of aliphatic hydroxyl groups is 1. The van der Waals surface area contributed by atoms with E-state index in [1.165, 1.54) is 37.8 Å². The number of carbonyl (C=O) groups excluding carboxylic acids is 1. The third-order valence-electron chi connectivity index (χ3n) is 18.1. The molecule has 7 aliphatic rings. The van der Waals surface area contributed by atoms with Crippen LogP contribution in [-0.2, 0) is 18.3 Å². The molecule has 384 valence electrons. The van der Waals surface area contributed by atoms with Gasteiger partial charge in [-0.25, -0.2) is 13.6 Å². The Morgan fingerprint density at radius 1 is 0.863 bits per heavy atom. The number of nitrogens with zero attached hydrogens (tertiary/aromatic N) is 9. The molecule has 1 spiro atoms. The van der Waals surface area contributed by atoms with Crippen LogP contribution in [-0.4, -0.2) is 140 Å². The zero-order chi connectivity index (χ0) is 49.9. The normalized spacial score (nSPS) is 25.2. The third-order valence-corrected chi connectivity index (χ3v) is 18.1. The van der Waals surface area contributed by atoms with E-state index >= 15 is 8.78 Å². The number of benzene rings is 3. The quantitative estimate of drug-likeness (QED) is 0.120. The minimum absolute atomic E-state index is 0.00301. The van der Waals surface area contributed by atoms with Crippen LogP contribution in [0.25, 0.3) is 44.0 Å². The lowest BCUT2D eigenvalue weighted by molar-refractivity contribution is -0.130. The van der Waals surface area contributed by atoms with E-state index in [-0.39, 0.29) is 45.8 Å². The Bertz CT molecular complexity index is 3210. The zero-order valence-electron chi connectivity index (χ0n) is 41.8. The number of halogens is 2. The smallest absolute Gasteiger partial charge is 0.329 e. The molecule has 3 aromatic heterocycles. The fourth-order valence-corrected chi connectivity index (χ4v) is 13.7. The maximum atomic E-state index is 17.2. The van der Waals surface area contributed by atoms with Gasteiger partial charge in [-0.3, -0.25) is 23.8 Å². The minimum atomic E-state index is -0.872. The number of phenolic OH excluding ortho intramolecular Hbond substituents is 1. The fourth-order valence-electron chi connectivity index (χ4n) is 13.7. The van der Waals surface area contributed by atoms with E-state index in [0.717, 1.165) is 101 Å². The number of carbonyl (C=O) groups is 1. The van der Waals surface area contributed by atoms with E-state index in [9.17, 15) is 19.8 Å². The van der Waals surface area contributed by atoms with Gasteiger partial charge in [0.2, 0.25) is 5.91 Å². The molecule has 4 unspecified atom stereocenters. The molecule has 3 aromatic carbocycles. The second kappa shape index (κ2) is 17.9. The van der Waals surface area contributed by atoms with Crippen molar-refractivity contribution in [2.75, 3.05) is 75.3 Å². The van der Waals surface area contributed by atoms with Gasteiger partial charge in [-0.05, 0) is 142 Å². The highest BCUT2D eigenvalue weighted by Crippen LogP contribution is 2.53. The van der Waals surface area contributed by atoms with Crippen molar-refractivity contribution >= 4 is 50.1 Å². The maximum Gasteiger partial charge on any atom is 0.329 e. The lowest BCUT2D eigenvalue weighted by Crippen LogP contribution is -2.59. The first-order valence-corrected chi connectivity index (χ1v) is 26.7. The molecule has 2 aliphatic carbocycles. The predicted molar refractivity (Wildman–Crippen MR) is 275 cm³/mol. The molecule has 0 radical (unpaired) electrons. The van der Waals surface area contributed by atoms with Gasteiger partial charge in [-0.1, -0.05) is 13.0 Å². The monoisotopic (exact) mass is 998 g/mol. The molecule has 5 aliphatic heterocycles. The number of rotatable bonds is 11. The summed E-state index contributed by atoms with van der Waals surface area (Å²) >= 11 is 0. The number of hydrogen-bond donors (Lipinski definition) is 4. The number of aromatic nitrogens is 5. The molecule has 6 aromatic rings. The summed E-state index contributed by atoms with van der Waals surface area (Å²) in [6, 6.07) is 12.9. The van der Waals surface area contributed by atoms with Gasteiger partial charge in [-0.2, -0.15) is 9.97 Å². The summed E-state index contributed by atoms with van der Waals surface area (Å²) in [6.45, 7) is 10.7. The van der Waals surface area contributed by atoms with Crippen LogP contribution in [0.4, 0.5) is 20.3 Å². The topological polar surface area (TPSA) is 169 Å². The van der Waals surface area contributed by atoms with Gasteiger partial charge in [0.1, 0.15) is 40.9 Å². The number of aryl methyl sites for hydroxylation is 2. The van der Waals surface area contributed by atoms with Gasteiger partial charge in [0.15, 0.2) is 5.82 Å². The summed E-state index contributed by atoms with van der Waals surface area (Å²) in [5.74, 6) is -0.813. The number of imidazole rings is 1. The molecule has 1 amide bonds. The number of hydrogen-bond acceptors (Lipinski definition) is 13. The molecule has 18 heteroatoms. The Kier molecular flexibility index (Phi) is 11.5. The van der Waals surface area contributed by atoms with Gasteiger partial charge in [0, 0.05) is 93.8 Å². The number of anilines is 2. The lowest BCUT2D eigenvalue weighted by atomic mass is 9.60. The highest BCUT2D eigenvalue weighted by molar-refractivity contribution is 6.02. The van der Waals surface area contributed by atoms with Crippen LogP contribution >= 0.6 is 0 Å². The Morgan fingerprint density at radius 2 is 1.63 bits per heavy atom. The van der Waals surface area contributed by atoms with Crippen LogP contribution in [0, 0.1) is 22.5 Å². The zero-order valence-corrected chi connectivity index (χ0v) is 41.8. The summed E-state index contributed by atoms with van der Waals surface area (Å²) < 4.78 is 42.2. The number of piperidine rings is 2. The number of piperazine rings is 2. The number of amides is 1. The number of ether oxygens (including phenoxy) is 1. The molecular formula is C55H65F2N11O5. The third kappa shape index (κ3) is 8.27. The van der Waals surface area contributed by atoms with Crippen molar-refractivity contribution in [1.29, 1.82) is 0 Å². The fraction of sp³-hybridized carbons (Fsp3) is 0.545. The molecule has 13 rings (SSSR count). The molecule has 4 N–H and O–H groups in total. The molecule has 16 nitrogen and oxygen atoms in total. The summed E-state index contributed by atoms with van der Waals surface area (Å²) in [7, 11) is 1.76. The molecule has 2 bridgehead atoms. The molecule has 5 saturated heterocycles. The van der Waals surface area contributed by atoms with E-state index in [1.807, 2.05) is 13.0 Å². The van der Waals surface area contributed by atoms with Crippen molar-refractivity contribution in [3.63, 3.8) is 0 Å². The Labute approximate surface area is 422 Å². The number of fused-ring (bicyclic) bond motifs is 5. The van der Waals surface area contributed by atoms with Gasteiger partial charge in [-0.15, -0.1) is 0 Å². The van der Waals surface area contributed by atoms with E-state index in [2.05, 4.69) is 47.3 Å². The van der Waals surface area contributed by atoms with Crippen molar-refractivity contribution in [2.24, 2.45) is 17.9 Å². The van der Waals surface area contributed by atoms with Crippen LogP contribution in [0.3, 0.4) is 0 Å². The summed E-state index contributed by atoms with van der Waals surface area (Å²) in [6.07, 6.45) is 11.1. The first-order chi connectivity index (χ1) is 35.3. The van der Waals surface area contributed by atoms with Crippen molar-refractivity contribution < 1.29 is 28.5 Å². The second-order valence-corrected chi connectivity index (χ2v) is 22.7. The number of nitrogens with one attached hydrogen (secondary N) is 2. The average Bonchev–Trinajstić information content (AvgIpc) is 4.00. The van der Waals surface area contributed by atoms with Crippen LogP contribution in [0.1, 0.15) is 82.7 Å². The molecule has 7 fully saturated rings. The minimum Gasteiger partial charge on any atom is -0.508 e. The maximum absolute atomic E-state index is 17.2. The standard InChI is InChI=1S/C55H65F2N11O5/c1-3-38-41(56)8-4-32-22-37(69)24-39(46(32)38)48-47(57)49-40(27-58-48)50(67-28-33-5-6-34(29-67)59-33)62-52(61-49)73-31-55(12-13-55)30-64-16-14-54(15-17-64)25-36(26-54)66-20-18-65(19-21-66)35-7-9-42-44(23-35)63(2)53(72)68(42)43-10-11-45(70)60-51(43)71/h4,7-9,22-24,27,33-34,36,43,45,59,69-70H,3,5-6,10-21,25-26,28-31H2,1-2H3,(H,60,71). The van der Waals surface area contributed by atoms with Crippen molar-refractivity contribution in [3.8, 4) is 23.0 Å². The van der Waals surface area contributed by atoms with Crippen molar-refractivity contribution in [1.82, 2.24) is 44.5 Å². The highest BCUT2D eigenvalue weighted by atomic mass is 19.1. The Hall–Kier alpha value is -5.95. The average molecular weight is 998 g/mol. The van der Waals surface area contributed by atoms with Gasteiger partial charge < -0.3 is 40.3 Å². The number of phenols is 1. The van der Waals surface area contributed by atoms with Crippen LogP contribution in [0.2, 0.25) is 0 Å². The summed E-state index contributed by atoms with van der Waals surface area (Å²) in [5.41, 5.74) is 3.64. The molecule has 4 atom stereocenters. The first-order valence-electron chi connectivity index (χ1n) is 26.7. The molecule has 8 heterocycles. The van der Waals surface area contributed by atoms with Gasteiger partial charge in [0.05, 0.1) is 23.0 Å². The second-order valence-electron chi connectivity index (χ2n) is 22.7. The molecular weight excluding hydrogens is 933 g/mol. The van der Waals surface area contributed by atoms with Crippen molar-refractivity contribution in [2.45, 2.75) is 108 Å². The predicted octanol–water partition coefficient (Wildman–Crippen LogP) is 5.98. The van der Waals surface area contributed by atoms with E-state index in [4.69, 9.17) is 14.7 Å². The molecule has 73 heavy (non-hydrogen) atoms. The SMILES string of the molecule is CCc1c(F)ccc2cc(O)cc(-c3ncc4c(N5CC6CCC(C5)N6)nc(OCC5(CN6CCC7(CC6)CC(N6CCN(c8ccc9c(c8)n(C)c(=O)n9C8CCC(O)NC8=O)CC6)C7)CC5)nc4c3F)c12. The number of aromatic hydroxyl groups is 1. The van der Waals surface area contributed by atoms with E-state index < -0.39 is 18.1 Å². The highest BCUT2D eigenvalue weighted by Gasteiger charge is 2.51. The molecule has 2 saturated carbocycles. The lowest BCUT2D eigenvalue weighted by Gasteiger charge is -2.56. The Morgan fingerprint density at radius 3 is 2.36 bits per heavy atom. The number of likely N-dealkylation sites (tertiary alicyclic amines) is 1. The van der Waals surface area contributed by atoms with E-state index in [1.54, 1.807) is 34.5 Å².